The largest absolute Gasteiger partial charge is 0.481 e. The van der Waals surface area contributed by atoms with Gasteiger partial charge < -0.3 is 9.84 Å². The second-order valence-corrected chi connectivity index (χ2v) is 7.82. The predicted molar refractivity (Wildman–Crippen MR) is 77.0 cm³/mol. The quantitative estimate of drug-likeness (QED) is 0.885. The van der Waals surface area contributed by atoms with Crippen LogP contribution < -0.4 is 4.74 Å². The zero-order chi connectivity index (χ0) is 16.0. The molecular formula is C14H18N2O5S. The van der Waals surface area contributed by atoms with E-state index in [0.717, 1.165) is 12.8 Å². The van der Waals surface area contributed by atoms with Gasteiger partial charge in [0.05, 0.1) is 18.7 Å². The van der Waals surface area contributed by atoms with E-state index >= 15 is 0 Å². The molecule has 2 fully saturated rings. The number of methoxy groups -OCH3 is 1. The van der Waals surface area contributed by atoms with Crippen LogP contribution in [0.25, 0.3) is 0 Å². The molecule has 0 bridgehead atoms. The van der Waals surface area contributed by atoms with E-state index < -0.39 is 21.4 Å². The van der Waals surface area contributed by atoms with E-state index in [1.165, 1.54) is 29.7 Å². The van der Waals surface area contributed by atoms with Crippen molar-refractivity contribution in [2.75, 3.05) is 20.2 Å². The molecule has 1 saturated carbocycles. The average Bonchev–Trinajstić information content (AvgIpc) is 3.05. The minimum Gasteiger partial charge on any atom is -0.481 e. The second-order valence-electron chi connectivity index (χ2n) is 5.88. The van der Waals surface area contributed by atoms with Crippen LogP contribution in [0, 0.1) is 11.3 Å². The first kappa shape index (κ1) is 15.2. The number of aliphatic carboxylic acids is 1. The van der Waals surface area contributed by atoms with Crippen molar-refractivity contribution in [3.63, 3.8) is 0 Å². The first-order valence-corrected chi connectivity index (χ1v) is 8.58. The van der Waals surface area contributed by atoms with Crippen molar-refractivity contribution < 1.29 is 23.1 Å². The number of nitrogens with zero attached hydrogens (tertiary/aromatic N) is 2. The maximum Gasteiger partial charge on any atom is 0.311 e. The molecule has 0 radical (unpaired) electrons. The van der Waals surface area contributed by atoms with Crippen molar-refractivity contribution >= 4 is 16.0 Å². The lowest BCUT2D eigenvalue weighted by atomic mass is 9.81. The summed E-state index contributed by atoms with van der Waals surface area (Å²) in [6.45, 7) is 0.308. The molecule has 22 heavy (non-hydrogen) atoms. The van der Waals surface area contributed by atoms with Gasteiger partial charge in [-0.3, -0.25) is 4.79 Å². The van der Waals surface area contributed by atoms with Crippen molar-refractivity contribution in [1.82, 2.24) is 9.29 Å². The summed E-state index contributed by atoms with van der Waals surface area (Å²) in [5.74, 6) is -0.661. The molecule has 1 saturated heterocycles. The van der Waals surface area contributed by atoms with Crippen LogP contribution in [0.5, 0.6) is 5.88 Å². The van der Waals surface area contributed by atoms with E-state index in [4.69, 9.17) is 4.74 Å². The highest BCUT2D eigenvalue weighted by molar-refractivity contribution is 7.89. The lowest BCUT2D eigenvalue weighted by molar-refractivity contribution is -0.149. The molecule has 1 N–H and O–H groups in total. The van der Waals surface area contributed by atoms with Crippen molar-refractivity contribution in [2.24, 2.45) is 11.3 Å². The predicted octanol–water partition coefficient (Wildman–Crippen LogP) is 0.966. The summed E-state index contributed by atoms with van der Waals surface area (Å²) in [6, 6.07) is 2.92. The van der Waals surface area contributed by atoms with Crippen molar-refractivity contribution in [2.45, 2.75) is 24.2 Å². The summed E-state index contributed by atoms with van der Waals surface area (Å²) in [4.78, 5) is 15.6. The van der Waals surface area contributed by atoms with Gasteiger partial charge in [-0.1, -0.05) is 6.42 Å². The molecule has 7 nitrogen and oxygen atoms in total. The van der Waals surface area contributed by atoms with Crippen molar-refractivity contribution in [1.29, 1.82) is 0 Å². The fraction of sp³-hybridized carbons (Fsp3) is 0.571. The molecule has 0 unspecified atom stereocenters. The number of aromatic nitrogens is 1. The van der Waals surface area contributed by atoms with E-state index in [2.05, 4.69) is 4.98 Å². The van der Waals surface area contributed by atoms with Gasteiger partial charge in [-0.25, -0.2) is 13.4 Å². The van der Waals surface area contributed by atoms with Gasteiger partial charge in [0.15, 0.2) is 0 Å². The van der Waals surface area contributed by atoms with Crippen molar-refractivity contribution in [3.8, 4) is 5.88 Å². The number of fused-ring (bicyclic) bond motifs is 1. The highest BCUT2D eigenvalue weighted by Crippen LogP contribution is 2.50. The lowest BCUT2D eigenvalue weighted by Crippen LogP contribution is -2.37. The molecule has 3 rings (SSSR count). The zero-order valence-corrected chi connectivity index (χ0v) is 13.0. The number of carboxylic acid groups (broad SMARTS) is 1. The minimum atomic E-state index is -3.73. The SMILES string of the molecule is COc1ccc(S(=O)(=O)N2C[C@@H]3CCC[C@@]3(C(=O)O)C2)cn1. The van der Waals surface area contributed by atoms with Crippen LogP contribution in [0.15, 0.2) is 23.2 Å². The normalized spacial score (nSPS) is 28.5. The second kappa shape index (κ2) is 5.20. The molecule has 120 valence electrons. The maximum absolute atomic E-state index is 12.7. The summed E-state index contributed by atoms with van der Waals surface area (Å²) in [6.07, 6.45) is 3.39. The third-order valence-electron chi connectivity index (χ3n) is 4.82. The molecule has 2 heterocycles. The Morgan fingerprint density at radius 2 is 2.27 bits per heavy atom. The first-order chi connectivity index (χ1) is 10.4. The summed E-state index contributed by atoms with van der Waals surface area (Å²) in [5.41, 5.74) is -0.924. The minimum absolute atomic E-state index is 0.0430. The Bertz CT molecular complexity index is 688. The molecule has 2 aliphatic rings. The molecule has 0 spiro atoms. The smallest absolute Gasteiger partial charge is 0.311 e. The number of carbonyl (C=O) groups is 1. The van der Waals surface area contributed by atoms with Crippen LogP contribution in [-0.2, 0) is 14.8 Å². The van der Waals surface area contributed by atoms with E-state index in [-0.39, 0.29) is 23.9 Å². The summed E-state index contributed by atoms with van der Waals surface area (Å²) < 4.78 is 31.6. The van der Waals surface area contributed by atoms with Crippen LogP contribution >= 0.6 is 0 Å². The molecule has 1 aliphatic heterocycles. The average molecular weight is 326 g/mol. The van der Waals surface area contributed by atoms with E-state index in [1.807, 2.05) is 0 Å². The highest BCUT2D eigenvalue weighted by Gasteiger charge is 2.57. The van der Waals surface area contributed by atoms with Crippen LogP contribution in [0.2, 0.25) is 0 Å². The molecule has 1 aliphatic carbocycles. The maximum atomic E-state index is 12.7. The summed E-state index contributed by atoms with van der Waals surface area (Å²) >= 11 is 0. The van der Waals surface area contributed by atoms with Crippen LogP contribution in [0.1, 0.15) is 19.3 Å². The van der Waals surface area contributed by atoms with Gasteiger partial charge >= 0.3 is 5.97 Å². The molecule has 0 amide bonds. The Balaban J connectivity index is 1.89. The number of carboxylic acids is 1. The van der Waals surface area contributed by atoms with E-state index in [9.17, 15) is 18.3 Å². The molecule has 0 aromatic carbocycles. The summed E-state index contributed by atoms with van der Waals surface area (Å²) in [7, 11) is -2.27. The van der Waals surface area contributed by atoms with Gasteiger partial charge in [0.25, 0.3) is 0 Å². The molecule has 1 aromatic rings. The first-order valence-electron chi connectivity index (χ1n) is 7.14. The van der Waals surface area contributed by atoms with Gasteiger partial charge in [-0.05, 0) is 24.8 Å². The molecule has 8 heteroatoms. The highest BCUT2D eigenvalue weighted by atomic mass is 32.2. The number of hydrogen-bond acceptors (Lipinski definition) is 5. The Kier molecular flexibility index (Phi) is 3.60. The number of ether oxygens (including phenoxy) is 1. The molecular weight excluding hydrogens is 308 g/mol. The Morgan fingerprint density at radius 3 is 2.82 bits per heavy atom. The van der Waals surface area contributed by atoms with Gasteiger partial charge in [0, 0.05) is 19.2 Å². The van der Waals surface area contributed by atoms with E-state index in [0.29, 0.717) is 12.3 Å². The lowest BCUT2D eigenvalue weighted by Gasteiger charge is -2.23. The van der Waals surface area contributed by atoms with Crippen molar-refractivity contribution in [3.05, 3.63) is 18.3 Å². The zero-order valence-electron chi connectivity index (χ0n) is 12.2. The van der Waals surface area contributed by atoms with Gasteiger partial charge in [0.2, 0.25) is 15.9 Å². The Morgan fingerprint density at radius 1 is 1.50 bits per heavy atom. The summed E-state index contributed by atoms with van der Waals surface area (Å²) in [5, 5.41) is 9.55. The monoisotopic (exact) mass is 326 g/mol. The molecule has 2 atom stereocenters. The fourth-order valence-corrected chi connectivity index (χ4v) is 5.07. The van der Waals surface area contributed by atoms with Crippen LogP contribution in [0.3, 0.4) is 0 Å². The Hall–Kier alpha value is -1.67. The Labute approximate surface area is 129 Å². The molecule has 1 aromatic heterocycles. The van der Waals surface area contributed by atoms with Gasteiger partial charge in [0.1, 0.15) is 4.90 Å². The number of pyridine rings is 1. The van der Waals surface area contributed by atoms with Gasteiger partial charge in [-0.15, -0.1) is 0 Å². The van der Waals surface area contributed by atoms with E-state index in [1.54, 1.807) is 0 Å². The standard InChI is InChI=1S/C14H18N2O5S/c1-21-12-5-4-11(7-15-12)22(19,20)16-8-10-3-2-6-14(10,9-16)13(17)18/h4-5,7,10H,2-3,6,8-9H2,1H3,(H,17,18)/t10-,14+/m0/s1. The number of hydrogen-bond donors (Lipinski definition) is 1. The number of sulfonamides is 1. The topological polar surface area (TPSA) is 96.8 Å². The third kappa shape index (κ3) is 2.17. The third-order valence-corrected chi connectivity index (χ3v) is 6.62. The van der Waals surface area contributed by atoms with Crippen LogP contribution in [0.4, 0.5) is 0 Å². The van der Waals surface area contributed by atoms with Gasteiger partial charge in [-0.2, -0.15) is 4.31 Å². The van der Waals surface area contributed by atoms with Crippen LogP contribution in [-0.4, -0.2) is 49.0 Å². The number of rotatable bonds is 4. The fourth-order valence-electron chi connectivity index (χ4n) is 3.56.